The first kappa shape index (κ1) is 15.5. The van der Waals surface area contributed by atoms with E-state index in [1.54, 1.807) is 11.9 Å². The Morgan fingerprint density at radius 1 is 1.20 bits per heavy atom. The number of nitrogens with zero attached hydrogens (tertiary/aromatic N) is 4. The lowest BCUT2D eigenvalue weighted by Gasteiger charge is -2.17. The molecule has 0 aliphatic carbocycles. The third-order valence-electron chi connectivity index (χ3n) is 4.31. The molecule has 0 fully saturated rings. The van der Waals surface area contributed by atoms with Gasteiger partial charge < -0.3 is 10.2 Å². The van der Waals surface area contributed by atoms with Crippen molar-refractivity contribution < 1.29 is 4.79 Å². The Hall–Kier alpha value is -3.00. The second kappa shape index (κ2) is 6.48. The second-order valence-electron chi connectivity index (χ2n) is 6.09. The van der Waals surface area contributed by atoms with E-state index in [4.69, 9.17) is 0 Å². The number of benzene rings is 1. The van der Waals surface area contributed by atoms with Crippen LogP contribution in [-0.4, -0.2) is 49.8 Å². The normalized spacial score (nSPS) is 13.5. The quantitative estimate of drug-likeness (QED) is 0.662. The second-order valence-corrected chi connectivity index (χ2v) is 6.09. The molecule has 25 heavy (non-hydrogen) atoms. The SMILES string of the molecule is CN(Cc1nc(-c2ccccc2)n[nH]1)C(=O)c1n[nH]c2c1CCNC2. The molecule has 0 bridgehead atoms. The number of carbonyl (C=O) groups is 1. The first-order chi connectivity index (χ1) is 12.2. The molecule has 8 heteroatoms. The van der Waals surface area contributed by atoms with Gasteiger partial charge in [0.2, 0.25) is 0 Å². The van der Waals surface area contributed by atoms with Crippen molar-refractivity contribution in [3.05, 3.63) is 53.1 Å². The van der Waals surface area contributed by atoms with Crippen LogP contribution >= 0.6 is 0 Å². The third-order valence-corrected chi connectivity index (χ3v) is 4.31. The number of H-pyrrole nitrogens is 2. The number of carbonyl (C=O) groups excluding carboxylic acids is 1. The van der Waals surface area contributed by atoms with Crippen molar-refractivity contribution in [2.75, 3.05) is 13.6 Å². The maximum absolute atomic E-state index is 12.7. The highest BCUT2D eigenvalue weighted by atomic mass is 16.2. The van der Waals surface area contributed by atoms with Crippen LogP contribution in [0.5, 0.6) is 0 Å². The summed E-state index contributed by atoms with van der Waals surface area (Å²) in [6, 6.07) is 9.73. The maximum Gasteiger partial charge on any atom is 0.274 e. The smallest absolute Gasteiger partial charge is 0.274 e. The van der Waals surface area contributed by atoms with Crippen LogP contribution in [0.15, 0.2) is 30.3 Å². The van der Waals surface area contributed by atoms with Crippen molar-refractivity contribution in [1.82, 2.24) is 35.6 Å². The van der Waals surface area contributed by atoms with Gasteiger partial charge in [0.05, 0.1) is 12.2 Å². The van der Waals surface area contributed by atoms with E-state index in [2.05, 4.69) is 30.7 Å². The van der Waals surface area contributed by atoms with Gasteiger partial charge in [-0.3, -0.25) is 15.0 Å². The van der Waals surface area contributed by atoms with Gasteiger partial charge in [-0.1, -0.05) is 30.3 Å². The van der Waals surface area contributed by atoms with Crippen molar-refractivity contribution in [3.8, 4) is 11.4 Å². The molecular weight excluding hydrogens is 318 g/mol. The zero-order chi connectivity index (χ0) is 17.2. The molecule has 3 N–H and O–H groups in total. The summed E-state index contributed by atoms with van der Waals surface area (Å²) >= 11 is 0. The molecule has 2 aromatic heterocycles. The first-order valence-electron chi connectivity index (χ1n) is 8.21. The molecular formula is C17H19N7O. The molecule has 0 radical (unpaired) electrons. The molecule has 1 aromatic carbocycles. The average molecular weight is 337 g/mol. The van der Waals surface area contributed by atoms with Crippen molar-refractivity contribution in [3.63, 3.8) is 0 Å². The number of fused-ring (bicyclic) bond motifs is 1. The Morgan fingerprint density at radius 3 is 2.88 bits per heavy atom. The Bertz CT molecular complexity index is 884. The van der Waals surface area contributed by atoms with Crippen LogP contribution in [0.3, 0.4) is 0 Å². The fourth-order valence-corrected chi connectivity index (χ4v) is 2.98. The molecule has 4 rings (SSSR count). The number of amides is 1. The molecule has 3 heterocycles. The molecule has 0 unspecified atom stereocenters. The van der Waals surface area contributed by atoms with Crippen molar-refractivity contribution in [2.45, 2.75) is 19.5 Å². The van der Waals surface area contributed by atoms with Crippen LogP contribution < -0.4 is 5.32 Å². The zero-order valence-electron chi connectivity index (χ0n) is 13.9. The molecule has 8 nitrogen and oxygen atoms in total. The molecule has 0 saturated carbocycles. The lowest BCUT2D eigenvalue weighted by Crippen LogP contribution is -2.29. The zero-order valence-corrected chi connectivity index (χ0v) is 13.9. The standard InChI is InChI=1S/C17H19N7O/c1-24(17(25)15-12-7-8-18-9-13(12)20-22-15)10-14-19-16(23-21-14)11-5-3-2-4-6-11/h2-6,18H,7-10H2,1H3,(H,20,22)(H,19,21,23). The van der Waals surface area contributed by atoms with Gasteiger partial charge in [-0.2, -0.15) is 10.2 Å². The molecule has 128 valence electrons. The molecule has 1 aliphatic rings. The summed E-state index contributed by atoms with van der Waals surface area (Å²) < 4.78 is 0. The topological polar surface area (TPSA) is 103 Å². The maximum atomic E-state index is 12.7. The van der Waals surface area contributed by atoms with E-state index in [-0.39, 0.29) is 5.91 Å². The van der Waals surface area contributed by atoms with E-state index in [1.165, 1.54) is 0 Å². The lowest BCUT2D eigenvalue weighted by molar-refractivity contribution is 0.0774. The number of rotatable bonds is 4. The molecule has 0 spiro atoms. The lowest BCUT2D eigenvalue weighted by atomic mass is 10.1. The number of hydrogen-bond acceptors (Lipinski definition) is 5. The fraction of sp³-hybridized carbons (Fsp3) is 0.294. The highest BCUT2D eigenvalue weighted by Gasteiger charge is 2.24. The Balaban J connectivity index is 1.49. The van der Waals surface area contributed by atoms with E-state index in [1.807, 2.05) is 30.3 Å². The molecule has 3 aromatic rings. The van der Waals surface area contributed by atoms with E-state index in [0.29, 0.717) is 23.9 Å². The number of aromatic nitrogens is 5. The highest BCUT2D eigenvalue weighted by Crippen LogP contribution is 2.18. The predicted octanol–water partition coefficient (Wildman–Crippen LogP) is 1.11. The van der Waals surface area contributed by atoms with Crippen LogP contribution in [-0.2, 0) is 19.5 Å². The van der Waals surface area contributed by atoms with Gasteiger partial charge in [-0.05, 0) is 13.0 Å². The summed E-state index contributed by atoms with van der Waals surface area (Å²) in [5, 5.41) is 17.6. The summed E-state index contributed by atoms with van der Waals surface area (Å²) in [6.07, 6.45) is 0.807. The van der Waals surface area contributed by atoms with Crippen molar-refractivity contribution >= 4 is 5.91 Å². The largest absolute Gasteiger partial charge is 0.333 e. The molecule has 0 atom stereocenters. The van der Waals surface area contributed by atoms with Gasteiger partial charge in [0.15, 0.2) is 11.5 Å². The van der Waals surface area contributed by atoms with Gasteiger partial charge in [-0.25, -0.2) is 4.98 Å². The van der Waals surface area contributed by atoms with Crippen LogP contribution in [0.4, 0.5) is 0 Å². The number of aromatic amines is 2. The Labute approximate surface area is 144 Å². The van der Waals surface area contributed by atoms with Gasteiger partial charge in [-0.15, -0.1) is 0 Å². The van der Waals surface area contributed by atoms with E-state index >= 15 is 0 Å². The van der Waals surface area contributed by atoms with Crippen LogP contribution in [0.25, 0.3) is 11.4 Å². The molecule has 0 saturated heterocycles. The summed E-state index contributed by atoms with van der Waals surface area (Å²) in [5.41, 5.74) is 3.45. The van der Waals surface area contributed by atoms with Crippen molar-refractivity contribution in [1.29, 1.82) is 0 Å². The molecule has 1 aliphatic heterocycles. The van der Waals surface area contributed by atoms with Gasteiger partial charge in [0, 0.05) is 24.7 Å². The predicted molar refractivity (Wildman–Crippen MR) is 91.6 cm³/mol. The van der Waals surface area contributed by atoms with Crippen molar-refractivity contribution in [2.24, 2.45) is 0 Å². The summed E-state index contributed by atoms with van der Waals surface area (Å²) in [7, 11) is 1.75. The monoisotopic (exact) mass is 337 g/mol. The first-order valence-corrected chi connectivity index (χ1v) is 8.21. The fourth-order valence-electron chi connectivity index (χ4n) is 2.98. The Morgan fingerprint density at radius 2 is 2.04 bits per heavy atom. The van der Waals surface area contributed by atoms with Gasteiger partial charge in [0.25, 0.3) is 5.91 Å². The Kier molecular flexibility index (Phi) is 4.02. The summed E-state index contributed by atoms with van der Waals surface area (Å²) in [6.45, 7) is 1.93. The van der Waals surface area contributed by atoms with E-state index < -0.39 is 0 Å². The van der Waals surface area contributed by atoms with Crippen LogP contribution in [0.1, 0.15) is 27.6 Å². The third kappa shape index (κ3) is 3.03. The van der Waals surface area contributed by atoms with E-state index in [0.717, 1.165) is 36.3 Å². The summed E-state index contributed by atoms with van der Waals surface area (Å²) in [5.74, 6) is 1.15. The molecule has 1 amide bonds. The van der Waals surface area contributed by atoms with Crippen LogP contribution in [0.2, 0.25) is 0 Å². The summed E-state index contributed by atoms with van der Waals surface area (Å²) in [4.78, 5) is 18.8. The average Bonchev–Trinajstić information content (AvgIpc) is 3.29. The highest BCUT2D eigenvalue weighted by molar-refractivity contribution is 5.93. The van der Waals surface area contributed by atoms with E-state index in [9.17, 15) is 4.79 Å². The number of hydrogen-bond donors (Lipinski definition) is 3. The number of nitrogens with one attached hydrogen (secondary N) is 3. The van der Waals surface area contributed by atoms with Gasteiger partial charge in [0.1, 0.15) is 5.82 Å². The van der Waals surface area contributed by atoms with Gasteiger partial charge >= 0.3 is 0 Å². The minimum Gasteiger partial charge on any atom is -0.333 e. The minimum absolute atomic E-state index is 0.114. The minimum atomic E-state index is -0.114. The van der Waals surface area contributed by atoms with Crippen LogP contribution in [0, 0.1) is 0 Å².